The van der Waals surface area contributed by atoms with Gasteiger partial charge in [0.25, 0.3) is 0 Å². The van der Waals surface area contributed by atoms with Crippen molar-refractivity contribution in [2.75, 3.05) is 0 Å². The minimum absolute atomic E-state index is 0.0743. The van der Waals surface area contributed by atoms with E-state index in [0.29, 0.717) is 0 Å². The van der Waals surface area contributed by atoms with Gasteiger partial charge in [0.05, 0.1) is 18.4 Å². The molecule has 0 radical (unpaired) electrons. The molecule has 2 heterocycles. The number of H-pyrrole nitrogens is 1. The van der Waals surface area contributed by atoms with Crippen LogP contribution in [0.1, 0.15) is 24.1 Å². The van der Waals surface area contributed by atoms with Gasteiger partial charge in [-0.15, -0.1) is 0 Å². The molecule has 6 nitrogen and oxygen atoms in total. The van der Waals surface area contributed by atoms with Crippen molar-refractivity contribution in [3.8, 4) is 0 Å². The first-order chi connectivity index (χ1) is 8.65. The highest BCUT2D eigenvalue weighted by atomic mass is 16.1. The summed E-state index contributed by atoms with van der Waals surface area (Å²) in [7, 11) is 1.83. The van der Waals surface area contributed by atoms with E-state index in [1.54, 1.807) is 29.3 Å². The zero-order chi connectivity index (χ0) is 13.0. The van der Waals surface area contributed by atoms with E-state index >= 15 is 0 Å². The van der Waals surface area contributed by atoms with Gasteiger partial charge in [-0.3, -0.25) is 14.6 Å². The number of hydrogen-bond donors (Lipinski definition) is 2. The molecule has 2 rings (SSSR count). The fraction of sp³-hybridized carbons (Fsp3) is 0.250. The highest BCUT2D eigenvalue weighted by Crippen LogP contribution is 2.08. The van der Waals surface area contributed by atoms with Gasteiger partial charge < -0.3 is 5.32 Å². The molecule has 0 saturated heterocycles. The van der Waals surface area contributed by atoms with Crippen LogP contribution in [0.4, 0.5) is 0 Å². The van der Waals surface area contributed by atoms with Crippen LogP contribution in [0, 0.1) is 0 Å². The lowest BCUT2D eigenvalue weighted by atomic mass is 10.2. The number of rotatable bonds is 4. The number of nitrogens with zero attached hydrogens (tertiary/aromatic N) is 3. The van der Waals surface area contributed by atoms with Crippen molar-refractivity contribution in [3.63, 3.8) is 0 Å². The van der Waals surface area contributed by atoms with E-state index in [4.69, 9.17) is 0 Å². The topological polar surface area (TPSA) is 75.6 Å². The average Bonchev–Trinajstić information content (AvgIpc) is 2.97. The van der Waals surface area contributed by atoms with Crippen LogP contribution in [-0.2, 0) is 11.8 Å². The van der Waals surface area contributed by atoms with Crippen LogP contribution in [0.5, 0.6) is 0 Å². The van der Waals surface area contributed by atoms with E-state index < -0.39 is 0 Å². The second-order valence-corrected chi connectivity index (χ2v) is 4.04. The summed E-state index contributed by atoms with van der Waals surface area (Å²) in [5.41, 5.74) is 1.83. The van der Waals surface area contributed by atoms with Gasteiger partial charge in [-0.05, 0) is 13.0 Å². The quantitative estimate of drug-likeness (QED) is 0.790. The van der Waals surface area contributed by atoms with Gasteiger partial charge in [-0.1, -0.05) is 0 Å². The Kier molecular flexibility index (Phi) is 3.57. The maximum atomic E-state index is 11.7. The fourth-order valence-corrected chi connectivity index (χ4v) is 1.54. The molecule has 0 aliphatic rings. The molecule has 0 aliphatic heterocycles. The van der Waals surface area contributed by atoms with Gasteiger partial charge in [-0.2, -0.15) is 10.2 Å². The summed E-state index contributed by atoms with van der Waals surface area (Å²) in [5.74, 6) is -0.146. The zero-order valence-electron chi connectivity index (χ0n) is 10.3. The predicted molar refractivity (Wildman–Crippen MR) is 67.4 cm³/mol. The third-order valence-corrected chi connectivity index (χ3v) is 2.53. The van der Waals surface area contributed by atoms with Crippen LogP contribution >= 0.6 is 0 Å². The second-order valence-electron chi connectivity index (χ2n) is 4.04. The highest BCUT2D eigenvalue weighted by Gasteiger charge is 2.07. The lowest BCUT2D eigenvalue weighted by Crippen LogP contribution is -2.24. The first-order valence-corrected chi connectivity index (χ1v) is 5.61. The van der Waals surface area contributed by atoms with Gasteiger partial charge in [0.1, 0.15) is 0 Å². The number of carbonyl (C=O) groups is 1. The largest absolute Gasteiger partial charge is 0.346 e. The molecule has 0 fully saturated rings. The van der Waals surface area contributed by atoms with E-state index in [9.17, 15) is 4.79 Å². The Hall–Kier alpha value is -2.37. The molecule has 18 heavy (non-hydrogen) atoms. The Bertz CT molecular complexity index is 541. The van der Waals surface area contributed by atoms with Crippen molar-refractivity contribution >= 4 is 12.0 Å². The van der Waals surface area contributed by atoms with Gasteiger partial charge in [0.15, 0.2) is 0 Å². The summed E-state index contributed by atoms with van der Waals surface area (Å²) in [6.45, 7) is 1.90. The Morgan fingerprint density at radius 3 is 3.00 bits per heavy atom. The predicted octanol–water partition coefficient (Wildman–Crippen LogP) is 1.03. The summed E-state index contributed by atoms with van der Waals surface area (Å²) in [5, 5.41) is 13.4. The first-order valence-electron chi connectivity index (χ1n) is 5.61. The molecule has 2 N–H and O–H groups in total. The normalized spacial score (nSPS) is 12.8. The molecule has 0 spiro atoms. The van der Waals surface area contributed by atoms with Gasteiger partial charge >= 0.3 is 0 Å². The molecule has 2 aromatic rings. The molecule has 0 saturated carbocycles. The molecule has 0 aliphatic carbocycles. The summed E-state index contributed by atoms with van der Waals surface area (Å²) >= 11 is 0. The molecule has 0 bridgehead atoms. The Balaban J connectivity index is 1.91. The lowest BCUT2D eigenvalue weighted by molar-refractivity contribution is -0.117. The fourth-order valence-electron chi connectivity index (χ4n) is 1.54. The van der Waals surface area contributed by atoms with Crippen LogP contribution < -0.4 is 5.32 Å². The Morgan fingerprint density at radius 2 is 2.39 bits per heavy atom. The monoisotopic (exact) mass is 245 g/mol. The maximum Gasteiger partial charge on any atom is 0.244 e. The summed E-state index contributed by atoms with van der Waals surface area (Å²) in [6, 6.07) is -0.0743. The number of amides is 1. The average molecular weight is 245 g/mol. The van der Waals surface area contributed by atoms with Gasteiger partial charge in [-0.25, -0.2) is 0 Å². The molecular formula is C12H15N5O. The van der Waals surface area contributed by atoms with Gasteiger partial charge in [0.2, 0.25) is 5.91 Å². The van der Waals surface area contributed by atoms with Crippen molar-refractivity contribution in [1.82, 2.24) is 25.3 Å². The summed E-state index contributed by atoms with van der Waals surface area (Å²) in [4.78, 5) is 11.7. The Morgan fingerprint density at radius 1 is 1.56 bits per heavy atom. The van der Waals surface area contributed by atoms with Crippen molar-refractivity contribution in [2.45, 2.75) is 13.0 Å². The van der Waals surface area contributed by atoms with Crippen LogP contribution in [-0.4, -0.2) is 25.9 Å². The van der Waals surface area contributed by atoms with Crippen molar-refractivity contribution in [1.29, 1.82) is 0 Å². The number of carbonyl (C=O) groups excluding carboxylic acids is 1. The molecule has 1 atom stereocenters. The second kappa shape index (κ2) is 5.31. The zero-order valence-corrected chi connectivity index (χ0v) is 10.3. The van der Waals surface area contributed by atoms with E-state index in [0.717, 1.165) is 11.1 Å². The number of aromatic amines is 1. The molecule has 2 aromatic heterocycles. The smallest absolute Gasteiger partial charge is 0.244 e. The standard InChI is InChI=1S/C12H15N5O/c1-9(11-6-13-14-7-11)16-12(18)4-3-10-5-15-17(2)8-10/h3-9H,1-2H3,(H,13,14)(H,16,18)/b4-3+. The lowest BCUT2D eigenvalue weighted by Gasteiger charge is -2.09. The molecular weight excluding hydrogens is 230 g/mol. The molecule has 1 unspecified atom stereocenters. The number of nitrogens with one attached hydrogen (secondary N) is 2. The molecule has 1 amide bonds. The van der Waals surface area contributed by atoms with E-state index in [1.165, 1.54) is 6.08 Å². The summed E-state index contributed by atoms with van der Waals surface area (Å²) in [6.07, 6.45) is 10.2. The minimum Gasteiger partial charge on any atom is -0.346 e. The third kappa shape index (κ3) is 3.07. The van der Waals surface area contributed by atoms with E-state index in [2.05, 4.69) is 20.6 Å². The van der Waals surface area contributed by atoms with Crippen LogP contribution in [0.15, 0.2) is 30.9 Å². The SMILES string of the molecule is CC(NC(=O)/C=C/c1cnn(C)c1)c1cn[nH]c1. The number of hydrogen-bond acceptors (Lipinski definition) is 3. The highest BCUT2D eigenvalue weighted by molar-refractivity contribution is 5.91. The van der Waals surface area contributed by atoms with Crippen molar-refractivity contribution < 1.29 is 4.79 Å². The van der Waals surface area contributed by atoms with Crippen molar-refractivity contribution in [3.05, 3.63) is 42.0 Å². The maximum absolute atomic E-state index is 11.7. The number of aryl methyl sites for hydroxylation is 1. The Labute approximate surface area is 105 Å². The van der Waals surface area contributed by atoms with Crippen LogP contribution in [0.2, 0.25) is 0 Å². The molecule has 0 aromatic carbocycles. The van der Waals surface area contributed by atoms with Crippen LogP contribution in [0.3, 0.4) is 0 Å². The van der Waals surface area contributed by atoms with Crippen LogP contribution in [0.25, 0.3) is 6.08 Å². The van der Waals surface area contributed by atoms with Crippen molar-refractivity contribution in [2.24, 2.45) is 7.05 Å². The van der Waals surface area contributed by atoms with Gasteiger partial charge in [0, 0.05) is 36.6 Å². The first kappa shape index (κ1) is 12.1. The van der Waals surface area contributed by atoms with E-state index in [1.807, 2.05) is 20.2 Å². The number of aromatic nitrogens is 4. The third-order valence-electron chi connectivity index (χ3n) is 2.53. The summed E-state index contributed by atoms with van der Waals surface area (Å²) < 4.78 is 1.69. The molecule has 6 heteroatoms. The van der Waals surface area contributed by atoms with E-state index in [-0.39, 0.29) is 11.9 Å². The minimum atomic E-state index is -0.146. The molecule has 94 valence electrons.